The Balaban J connectivity index is 1.98. The highest BCUT2D eigenvalue weighted by Crippen LogP contribution is 2.28. The molecule has 0 saturated carbocycles. The summed E-state index contributed by atoms with van der Waals surface area (Å²) >= 11 is 3.52. The van der Waals surface area contributed by atoms with Gasteiger partial charge in [0.15, 0.2) is 0 Å². The summed E-state index contributed by atoms with van der Waals surface area (Å²) in [5.74, 6) is 0.656. The number of aryl methyl sites for hydroxylation is 3. The third-order valence-electron chi connectivity index (χ3n) is 3.61. The number of nitrogens with one attached hydrogen (secondary N) is 1. The Kier molecular flexibility index (Phi) is 3.45. The third-order valence-corrected chi connectivity index (χ3v) is 4.46. The SMILES string of the molecule is Cc1ccc(Nc2nc3c(cc2C#N)CCC3)cc1Br. The normalized spacial score (nSPS) is 12.8. The van der Waals surface area contributed by atoms with Gasteiger partial charge in [-0.2, -0.15) is 5.26 Å². The van der Waals surface area contributed by atoms with Gasteiger partial charge in [-0.1, -0.05) is 22.0 Å². The van der Waals surface area contributed by atoms with Crippen LogP contribution >= 0.6 is 15.9 Å². The average Bonchev–Trinajstić information content (AvgIpc) is 2.89. The maximum atomic E-state index is 9.29. The topological polar surface area (TPSA) is 48.7 Å². The molecule has 1 aliphatic rings. The van der Waals surface area contributed by atoms with Gasteiger partial charge in [-0.3, -0.25) is 0 Å². The molecule has 0 bridgehead atoms. The number of pyridine rings is 1. The van der Waals surface area contributed by atoms with Gasteiger partial charge in [-0.25, -0.2) is 4.98 Å². The van der Waals surface area contributed by atoms with Crippen molar-refractivity contribution in [3.05, 3.63) is 51.1 Å². The molecule has 1 N–H and O–H groups in total. The molecule has 20 heavy (non-hydrogen) atoms. The first-order valence-electron chi connectivity index (χ1n) is 6.63. The van der Waals surface area contributed by atoms with Crippen LogP contribution in [0.1, 0.15) is 28.8 Å². The molecule has 4 heteroatoms. The van der Waals surface area contributed by atoms with E-state index in [9.17, 15) is 5.26 Å². The number of rotatable bonds is 2. The van der Waals surface area contributed by atoms with E-state index >= 15 is 0 Å². The van der Waals surface area contributed by atoms with Crippen LogP contribution in [0.4, 0.5) is 11.5 Å². The summed E-state index contributed by atoms with van der Waals surface area (Å²) in [7, 11) is 0. The fourth-order valence-corrected chi connectivity index (χ4v) is 2.84. The number of aromatic nitrogens is 1. The van der Waals surface area contributed by atoms with Crippen LogP contribution < -0.4 is 5.32 Å². The molecule has 0 fully saturated rings. The first kappa shape index (κ1) is 13.1. The molecular weight excluding hydrogens is 314 g/mol. The van der Waals surface area contributed by atoms with Crippen molar-refractivity contribution >= 4 is 27.4 Å². The number of benzene rings is 1. The molecule has 0 radical (unpaired) electrons. The monoisotopic (exact) mass is 327 g/mol. The minimum absolute atomic E-state index is 0.613. The number of nitrogens with zero attached hydrogens (tertiary/aromatic N) is 2. The lowest BCUT2D eigenvalue weighted by Gasteiger charge is -2.10. The summed E-state index contributed by atoms with van der Waals surface area (Å²) in [5, 5.41) is 12.5. The van der Waals surface area contributed by atoms with Gasteiger partial charge < -0.3 is 5.32 Å². The molecule has 0 unspecified atom stereocenters. The van der Waals surface area contributed by atoms with Gasteiger partial charge in [-0.15, -0.1) is 0 Å². The molecule has 1 aromatic heterocycles. The summed E-state index contributed by atoms with van der Waals surface area (Å²) in [6.45, 7) is 2.04. The van der Waals surface area contributed by atoms with Crippen molar-refractivity contribution < 1.29 is 0 Å². The summed E-state index contributed by atoms with van der Waals surface area (Å²) in [6, 6.07) is 10.2. The maximum absolute atomic E-state index is 9.29. The standard InChI is InChI=1S/C16H14BrN3/c1-10-5-6-13(8-14(10)17)19-16-12(9-18)7-11-3-2-4-15(11)20-16/h5-8H,2-4H2,1H3,(H,19,20). The second-order valence-electron chi connectivity index (χ2n) is 5.04. The van der Waals surface area contributed by atoms with Gasteiger partial charge in [0.2, 0.25) is 0 Å². The highest BCUT2D eigenvalue weighted by atomic mass is 79.9. The average molecular weight is 328 g/mol. The number of hydrogen-bond acceptors (Lipinski definition) is 3. The van der Waals surface area contributed by atoms with E-state index in [0.717, 1.165) is 35.1 Å². The molecule has 1 aromatic carbocycles. The van der Waals surface area contributed by atoms with E-state index in [1.165, 1.54) is 11.1 Å². The first-order chi connectivity index (χ1) is 9.67. The van der Waals surface area contributed by atoms with Crippen molar-refractivity contribution in [2.45, 2.75) is 26.2 Å². The molecule has 0 amide bonds. The van der Waals surface area contributed by atoms with Gasteiger partial charge in [0, 0.05) is 15.9 Å². The van der Waals surface area contributed by atoms with E-state index in [1.54, 1.807) is 0 Å². The molecule has 100 valence electrons. The zero-order valence-corrected chi connectivity index (χ0v) is 12.8. The predicted octanol–water partition coefficient (Wildman–Crippen LogP) is 4.26. The lowest BCUT2D eigenvalue weighted by atomic mass is 10.1. The molecule has 0 aliphatic heterocycles. The van der Waals surface area contributed by atoms with Gasteiger partial charge in [0.1, 0.15) is 11.9 Å². The molecule has 2 aromatic rings. The highest BCUT2D eigenvalue weighted by Gasteiger charge is 2.16. The van der Waals surface area contributed by atoms with Crippen LogP contribution in [0.25, 0.3) is 0 Å². The summed E-state index contributed by atoms with van der Waals surface area (Å²) in [6.07, 6.45) is 3.17. The van der Waals surface area contributed by atoms with Gasteiger partial charge in [-0.05, 0) is 55.5 Å². The minimum Gasteiger partial charge on any atom is -0.339 e. The fraction of sp³-hybridized carbons (Fsp3) is 0.250. The van der Waals surface area contributed by atoms with Gasteiger partial charge in [0.25, 0.3) is 0 Å². The molecule has 3 nitrogen and oxygen atoms in total. The molecule has 0 saturated heterocycles. The zero-order chi connectivity index (χ0) is 14.1. The predicted molar refractivity (Wildman–Crippen MR) is 83.1 cm³/mol. The smallest absolute Gasteiger partial charge is 0.148 e. The van der Waals surface area contributed by atoms with E-state index in [1.807, 2.05) is 31.2 Å². The number of anilines is 2. The van der Waals surface area contributed by atoms with Crippen molar-refractivity contribution in [2.75, 3.05) is 5.32 Å². The molecule has 0 spiro atoms. The second-order valence-corrected chi connectivity index (χ2v) is 5.90. The van der Waals surface area contributed by atoms with Crippen LogP contribution in [0.5, 0.6) is 0 Å². The van der Waals surface area contributed by atoms with Crippen molar-refractivity contribution in [1.29, 1.82) is 5.26 Å². The molecule has 0 atom stereocenters. The van der Waals surface area contributed by atoms with Crippen LogP contribution in [-0.4, -0.2) is 4.98 Å². The van der Waals surface area contributed by atoms with E-state index in [2.05, 4.69) is 32.3 Å². The van der Waals surface area contributed by atoms with E-state index in [-0.39, 0.29) is 0 Å². The van der Waals surface area contributed by atoms with Crippen LogP contribution in [-0.2, 0) is 12.8 Å². The van der Waals surface area contributed by atoms with Crippen molar-refractivity contribution in [3.8, 4) is 6.07 Å². The molecule has 1 aliphatic carbocycles. The van der Waals surface area contributed by atoms with E-state index < -0.39 is 0 Å². The maximum Gasteiger partial charge on any atom is 0.148 e. The lowest BCUT2D eigenvalue weighted by Crippen LogP contribution is -2.01. The fourth-order valence-electron chi connectivity index (χ4n) is 2.46. The van der Waals surface area contributed by atoms with Gasteiger partial charge in [0.05, 0.1) is 5.56 Å². The Morgan fingerprint density at radius 1 is 1.30 bits per heavy atom. The van der Waals surface area contributed by atoms with E-state index in [4.69, 9.17) is 0 Å². The van der Waals surface area contributed by atoms with Crippen LogP contribution in [0.2, 0.25) is 0 Å². The Morgan fingerprint density at radius 2 is 2.15 bits per heavy atom. The first-order valence-corrected chi connectivity index (χ1v) is 7.43. The van der Waals surface area contributed by atoms with Crippen LogP contribution in [0, 0.1) is 18.3 Å². The number of fused-ring (bicyclic) bond motifs is 1. The lowest BCUT2D eigenvalue weighted by molar-refractivity contribution is 0.900. The van der Waals surface area contributed by atoms with Crippen LogP contribution in [0.15, 0.2) is 28.7 Å². The zero-order valence-electron chi connectivity index (χ0n) is 11.2. The Hall–Kier alpha value is -1.86. The van der Waals surface area contributed by atoms with Crippen molar-refractivity contribution in [1.82, 2.24) is 4.98 Å². The Morgan fingerprint density at radius 3 is 2.90 bits per heavy atom. The van der Waals surface area contributed by atoms with Crippen molar-refractivity contribution in [2.24, 2.45) is 0 Å². The number of halogens is 1. The minimum atomic E-state index is 0.613. The molecule has 1 heterocycles. The van der Waals surface area contributed by atoms with E-state index in [0.29, 0.717) is 11.4 Å². The second kappa shape index (κ2) is 5.26. The number of hydrogen-bond donors (Lipinski definition) is 1. The Labute approximate surface area is 126 Å². The summed E-state index contributed by atoms with van der Waals surface area (Å²) < 4.78 is 1.04. The Bertz CT molecular complexity index is 716. The van der Waals surface area contributed by atoms with Crippen LogP contribution in [0.3, 0.4) is 0 Å². The largest absolute Gasteiger partial charge is 0.339 e. The van der Waals surface area contributed by atoms with Crippen molar-refractivity contribution in [3.63, 3.8) is 0 Å². The molecule has 3 rings (SSSR count). The number of nitriles is 1. The summed E-state index contributed by atoms with van der Waals surface area (Å²) in [4.78, 5) is 4.62. The third kappa shape index (κ3) is 2.41. The quantitative estimate of drug-likeness (QED) is 0.896. The summed E-state index contributed by atoms with van der Waals surface area (Å²) in [5.41, 5.74) is 5.07. The highest BCUT2D eigenvalue weighted by molar-refractivity contribution is 9.10. The van der Waals surface area contributed by atoms with Gasteiger partial charge >= 0.3 is 0 Å². The molecular formula is C16H14BrN3.